The van der Waals surface area contributed by atoms with Gasteiger partial charge >= 0.3 is 5.97 Å². The largest absolute Gasteiger partial charge is 0.480 e. The molecule has 0 aliphatic heterocycles. The number of nitrogens with zero attached hydrogens (tertiary/aromatic N) is 1. The number of aliphatic carboxylic acids is 1. The van der Waals surface area contributed by atoms with Crippen LogP contribution >= 0.6 is 0 Å². The van der Waals surface area contributed by atoms with Crippen molar-refractivity contribution in [1.82, 2.24) is 4.90 Å². The van der Waals surface area contributed by atoms with Gasteiger partial charge in [0.2, 0.25) is 5.91 Å². The number of hydrogen-bond donors (Lipinski definition) is 2. The van der Waals surface area contributed by atoms with Crippen molar-refractivity contribution in [3.8, 4) is 0 Å². The number of carboxylic acids is 1. The number of hydrogen-bond acceptors (Lipinski definition) is 3. The molecule has 5 heteroatoms. The Morgan fingerprint density at radius 2 is 1.75 bits per heavy atom. The number of carbonyl (C=O) groups is 2. The molecule has 3 N–H and O–H groups in total. The predicted molar refractivity (Wildman–Crippen MR) is 61.9 cm³/mol. The van der Waals surface area contributed by atoms with Crippen molar-refractivity contribution in [3.05, 3.63) is 0 Å². The van der Waals surface area contributed by atoms with Gasteiger partial charge in [-0.2, -0.15) is 0 Å². The zero-order chi connectivity index (χ0) is 12.9. The van der Waals surface area contributed by atoms with Crippen LogP contribution in [0.15, 0.2) is 0 Å². The van der Waals surface area contributed by atoms with Crippen molar-refractivity contribution < 1.29 is 14.7 Å². The zero-order valence-corrected chi connectivity index (χ0v) is 10.4. The van der Waals surface area contributed by atoms with Gasteiger partial charge in [0, 0.05) is 6.04 Å². The van der Waals surface area contributed by atoms with Gasteiger partial charge < -0.3 is 15.7 Å². The number of rotatable bonds is 6. The van der Waals surface area contributed by atoms with Crippen molar-refractivity contribution >= 4 is 11.9 Å². The van der Waals surface area contributed by atoms with E-state index in [1.807, 2.05) is 13.8 Å². The minimum atomic E-state index is -1.02. The topological polar surface area (TPSA) is 83.6 Å². The summed E-state index contributed by atoms with van der Waals surface area (Å²) < 4.78 is 0. The van der Waals surface area contributed by atoms with Crippen LogP contribution in [-0.4, -0.2) is 40.5 Å². The number of amides is 1. The molecule has 0 aromatic rings. The molecule has 0 unspecified atom stereocenters. The highest BCUT2D eigenvalue weighted by Crippen LogP contribution is 2.08. The Morgan fingerprint density at radius 3 is 2.06 bits per heavy atom. The van der Waals surface area contributed by atoms with E-state index in [-0.39, 0.29) is 18.5 Å². The first-order valence-electron chi connectivity index (χ1n) is 5.53. The number of carboxylic acid groups (broad SMARTS) is 1. The van der Waals surface area contributed by atoms with Crippen molar-refractivity contribution in [2.24, 2.45) is 11.7 Å². The van der Waals surface area contributed by atoms with E-state index < -0.39 is 12.0 Å². The average molecular weight is 230 g/mol. The minimum Gasteiger partial charge on any atom is -0.480 e. The summed E-state index contributed by atoms with van der Waals surface area (Å²) in [5, 5.41) is 8.71. The molecular weight excluding hydrogens is 208 g/mol. The molecule has 0 saturated carbocycles. The van der Waals surface area contributed by atoms with Gasteiger partial charge in [-0.3, -0.25) is 9.59 Å². The van der Waals surface area contributed by atoms with Gasteiger partial charge in [-0.25, -0.2) is 0 Å². The zero-order valence-electron chi connectivity index (χ0n) is 10.4. The van der Waals surface area contributed by atoms with Crippen LogP contribution in [0.4, 0.5) is 0 Å². The van der Waals surface area contributed by atoms with Crippen LogP contribution in [0, 0.1) is 5.92 Å². The highest BCUT2D eigenvalue weighted by atomic mass is 16.4. The molecule has 0 radical (unpaired) electrons. The summed E-state index contributed by atoms with van der Waals surface area (Å²) >= 11 is 0. The van der Waals surface area contributed by atoms with Crippen LogP contribution < -0.4 is 5.73 Å². The second-order valence-corrected chi connectivity index (χ2v) is 4.69. The van der Waals surface area contributed by atoms with Crippen molar-refractivity contribution in [1.29, 1.82) is 0 Å². The Kier molecular flexibility index (Phi) is 6.03. The summed E-state index contributed by atoms with van der Waals surface area (Å²) in [5.41, 5.74) is 5.75. The third-order valence-electron chi connectivity index (χ3n) is 2.25. The highest BCUT2D eigenvalue weighted by molar-refractivity contribution is 5.85. The molecule has 5 nitrogen and oxygen atoms in total. The van der Waals surface area contributed by atoms with Crippen molar-refractivity contribution in [3.63, 3.8) is 0 Å². The molecule has 0 aromatic carbocycles. The lowest BCUT2D eigenvalue weighted by molar-refractivity contribution is -0.146. The molecule has 0 aromatic heterocycles. The van der Waals surface area contributed by atoms with Gasteiger partial charge in [0.1, 0.15) is 6.54 Å². The van der Waals surface area contributed by atoms with Crippen LogP contribution in [0.3, 0.4) is 0 Å². The molecule has 0 aliphatic carbocycles. The van der Waals surface area contributed by atoms with E-state index in [4.69, 9.17) is 10.8 Å². The monoisotopic (exact) mass is 230 g/mol. The second kappa shape index (κ2) is 6.48. The summed E-state index contributed by atoms with van der Waals surface area (Å²) in [7, 11) is 0. The summed E-state index contributed by atoms with van der Waals surface area (Å²) in [5.74, 6) is -0.984. The summed E-state index contributed by atoms with van der Waals surface area (Å²) in [6.07, 6.45) is 0.571. The summed E-state index contributed by atoms with van der Waals surface area (Å²) in [6, 6.07) is -0.761. The van der Waals surface area contributed by atoms with Gasteiger partial charge in [0.05, 0.1) is 6.04 Å². The number of carbonyl (C=O) groups excluding carboxylic acids is 1. The van der Waals surface area contributed by atoms with E-state index in [9.17, 15) is 9.59 Å². The third-order valence-corrected chi connectivity index (χ3v) is 2.25. The van der Waals surface area contributed by atoms with E-state index >= 15 is 0 Å². The Balaban J connectivity index is 4.54. The molecule has 1 amide bonds. The highest BCUT2D eigenvalue weighted by Gasteiger charge is 2.25. The Hall–Kier alpha value is -1.10. The van der Waals surface area contributed by atoms with Crippen LogP contribution in [0.2, 0.25) is 0 Å². The molecular formula is C11H22N2O3. The van der Waals surface area contributed by atoms with E-state index in [2.05, 4.69) is 0 Å². The van der Waals surface area contributed by atoms with Gasteiger partial charge in [-0.1, -0.05) is 13.8 Å². The molecule has 0 spiro atoms. The molecule has 94 valence electrons. The van der Waals surface area contributed by atoms with E-state index in [0.29, 0.717) is 12.3 Å². The third kappa shape index (κ3) is 5.11. The van der Waals surface area contributed by atoms with E-state index in [1.54, 1.807) is 13.8 Å². The first kappa shape index (κ1) is 14.9. The lowest BCUT2D eigenvalue weighted by Crippen LogP contribution is -2.49. The van der Waals surface area contributed by atoms with E-state index in [1.165, 1.54) is 4.90 Å². The van der Waals surface area contributed by atoms with Crippen LogP contribution in [0.25, 0.3) is 0 Å². The van der Waals surface area contributed by atoms with Gasteiger partial charge in [-0.15, -0.1) is 0 Å². The quantitative estimate of drug-likeness (QED) is 0.703. The first-order valence-corrected chi connectivity index (χ1v) is 5.53. The summed E-state index contributed by atoms with van der Waals surface area (Å²) in [4.78, 5) is 23.8. The molecule has 0 rings (SSSR count). The lowest BCUT2D eigenvalue weighted by atomic mass is 10.0. The van der Waals surface area contributed by atoms with Gasteiger partial charge in [0.25, 0.3) is 0 Å². The maximum atomic E-state index is 11.9. The first-order chi connectivity index (χ1) is 7.25. The maximum absolute atomic E-state index is 11.9. The number of nitrogens with two attached hydrogens (primary N) is 1. The van der Waals surface area contributed by atoms with Gasteiger partial charge in [-0.05, 0) is 26.2 Å². The van der Waals surface area contributed by atoms with Crippen molar-refractivity contribution in [2.75, 3.05) is 6.54 Å². The summed E-state index contributed by atoms with van der Waals surface area (Å²) in [6.45, 7) is 7.22. The SMILES string of the molecule is CC(C)C[C@H](N)C(=O)N(CC(=O)O)C(C)C. The Bertz CT molecular complexity index is 252. The van der Waals surface area contributed by atoms with Crippen LogP contribution in [-0.2, 0) is 9.59 Å². The molecule has 0 fully saturated rings. The predicted octanol–water partition coefficient (Wildman–Crippen LogP) is 0.681. The normalized spacial score (nSPS) is 12.9. The van der Waals surface area contributed by atoms with Gasteiger partial charge in [0.15, 0.2) is 0 Å². The molecule has 0 saturated heterocycles. The fourth-order valence-corrected chi connectivity index (χ4v) is 1.48. The molecule has 1 atom stereocenters. The van der Waals surface area contributed by atoms with Crippen LogP contribution in [0.1, 0.15) is 34.1 Å². The Morgan fingerprint density at radius 1 is 1.25 bits per heavy atom. The fraction of sp³-hybridized carbons (Fsp3) is 0.818. The van der Waals surface area contributed by atoms with E-state index in [0.717, 1.165) is 0 Å². The molecule has 0 bridgehead atoms. The Labute approximate surface area is 96.6 Å². The maximum Gasteiger partial charge on any atom is 0.323 e. The fourth-order valence-electron chi connectivity index (χ4n) is 1.48. The smallest absolute Gasteiger partial charge is 0.323 e. The second-order valence-electron chi connectivity index (χ2n) is 4.69. The standard InChI is InChI=1S/C11H22N2O3/c1-7(2)5-9(12)11(16)13(8(3)4)6-10(14)15/h7-9H,5-6,12H2,1-4H3,(H,14,15)/t9-/m0/s1. The average Bonchev–Trinajstić information content (AvgIpc) is 2.11. The lowest BCUT2D eigenvalue weighted by Gasteiger charge is -2.28. The van der Waals surface area contributed by atoms with Crippen molar-refractivity contribution in [2.45, 2.75) is 46.2 Å². The molecule has 0 aliphatic rings. The molecule has 0 heterocycles. The molecule has 16 heavy (non-hydrogen) atoms. The minimum absolute atomic E-state index is 0.151. The van der Waals surface area contributed by atoms with Crippen LogP contribution in [0.5, 0.6) is 0 Å².